The van der Waals surface area contributed by atoms with Crippen LogP contribution in [0.1, 0.15) is 13.8 Å². The summed E-state index contributed by atoms with van der Waals surface area (Å²) >= 11 is 0. The lowest BCUT2D eigenvalue weighted by Crippen LogP contribution is -2.43. The number of hydrogen-bond acceptors (Lipinski definition) is 3. The molecule has 0 unspecified atom stereocenters. The molecule has 0 amide bonds. The van der Waals surface area contributed by atoms with Gasteiger partial charge < -0.3 is 20.3 Å². The van der Waals surface area contributed by atoms with E-state index in [0.717, 1.165) is 32.2 Å². The molecule has 0 aliphatic heterocycles. The van der Waals surface area contributed by atoms with Crippen LogP contribution < -0.4 is 10.6 Å². The summed E-state index contributed by atoms with van der Waals surface area (Å²) in [6.07, 6.45) is 0. The van der Waals surface area contributed by atoms with Gasteiger partial charge in [-0.15, -0.1) is 24.0 Å². The molecular formula is C11H27IN4O. The average molecular weight is 358 g/mol. The van der Waals surface area contributed by atoms with Gasteiger partial charge in [-0.05, 0) is 20.9 Å². The Labute approximate surface area is 122 Å². The average Bonchev–Trinajstić information content (AvgIpc) is 2.24. The van der Waals surface area contributed by atoms with Gasteiger partial charge in [0.15, 0.2) is 5.96 Å². The highest BCUT2D eigenvalue weighted by molar-refractivity contribution is 14.0. The van der Waals surface area contributed by atoms with Crippen molar-refractivity contribution < 1.29 is 4.74 Å². The third-order valence-corrected chi connectivity index (χ3v) is 2.11. The van der Waals surface area contributed by atoms with Gasteiger partial charge in [0.2, 0.25) is 0 Å². The minimum Gasteiger partial charge on any atom is -0.383 e. The van der Waals surface area contributed by atoms with Crippen molar-refractivity contribution in [1.82, 2.24) is 15.5 Å². The van der Waals surface area contributed by atoms with Gasteiger partial charge in [-0.2, -0.15) is 0 Å². The fourth-order valence-corrected chi connectivity index (χ4v) is 1.19. The second kappa shape index (κ2) is 12.4. The number of ether oxygens (including phenoxy) is 1. The Bertz CT molecular complexity index is 200. The number of nitrogens with one attached hydrogen (secondary N) is 2. The summed E-state index contributed by atoms with van der Waals surface area (Å²) < 4.78 is 5.02. The highest BCUT2D eigenvalue weighted by atomic mass is 127. The Hall–Kier alpha value is -0.0800. The molecule has 6 heteroatoms. The molecule has 0 heterocycles. The zero-order valence-corrected chi connectivity index (χ0v) is 13.9. The smallest absolute Gasteiger partial charge is 0.191 e. The van der Waals surface area contributed by atoms with E-state index in [2.05, 4.69) is 41.4 Å². The predicted octanol–water partition coefficient (Wildman–Crippen LogP) is 0.756. The molecule has 0 saturated heterocycles. The van der Waals surface area contributed by atoms with Crippen LogP contribution in [-0.2, 0) is 4.74 Å². The first-order chi connectivity index (χ1) is 7.60. The molecular weight excluding hydrogens is 331 g/mol. The monoisotopic (exact) mass is 358 g/mol. The summed E-state index contributed by atoms with van der Waals surface area (Å²) in [6.45, 7) is 7.77. The number of guanidine groups is 1. The van der Waals surface area contributed by atoms with E-state index in [1.165, 1.54) is 0 Å². The molecule has 0 rings (SSSR count). The van der Waals surface area contributed by atoms with Crippen LogP contribution in [0.25, 0.3) is 0 Å². The van der Waals surface area contributed by atoms with Gasteiger partial charge in [0, 0.05) is 39.8 Å². The summed E-state index contributed by atoms with van der Waals surface area (Å²) in [4.78, 5) is 6.36. The molecule has 0 spiro atoms. The zero-order chi connectivity index (χ0) is 12.4. The Balaban J connectivity index is 0. The third kappa shape index (κ3) is 12.2. The molecule has 0 atom stereocenters. The summed E-state index contributed by atoms with van der Waals surface area (Å²) in [7, 11) is 5.59. The maximum Gasteiger partial charge on any atom is 0.191 e. The number of nitrogens with zero attached hydrogens (tertiary/aromatic N) is 2. The van der Waals surface area contributed by atoms with Gasteiger partial charge in [-0.1, -0.05) is 0 Å². The summed E-state index contributed by atoms with van der Waals surface area (Å²) in [5, 5.41) is 6.51. The highest BCUT2D eigenvalue weighted by Crippen LogP contribution is 1.82. The van der Waals surface area contributed by atoms with Crippen LogP contribution in [0.3, 0.4) is 0 Å². The van der Waals surface area contributed by atoms with Crippen LogP contribution >= 0.6 is 24.0 Å². The minimum atomic E-state index is 0. The molecule has 0 aromatic carbocycles. The predicted molar refractivity (Wildman–Crippen MR) is 84.4 cm³/mol. The molecule has 0 saturated carbocycles. The number of rotatable bonds is 7. The molecule has 0 aromatic rings. The first kappa shape index (κ1) is 19.3. The van der Waals surface area contributed by atoms with Gasteiger partial charge in [-0.25, -0.2) is 0 Å². The van der Waals surface area contributed by atoms with Crippen molar-refractivity contribution in [1.29, 1.82) is 0 Å². The van der Waals surface area contributed by atoms with Gasteiger partial charge in [0.1, 0.15) is 0 Å². The van der Waals surface area contributed by atoms with E-state index in [9.17, 15) is 0 Å². The van der Waals surface area contributed by atoms with E-state index < -0.39 is 0 Å². The standard InChI is InChI=1S/C11H26N4O.HI/c1-10(2)14-11(12-3)13-6-7-15(4)8-9-16-5;/h10H,6-9H2,1-5H3,(H2,12,13,14);1H. The fourth-order valence-electron chi connectivity index (χ4n) is 1.19. The topological polar surface area (TPSA) is 48.9 Å². The van der Waals surface area contributed by atoms with Crippen molar-refractivity contribution in [3.05, 3.63) is 0 Å². The summed E-state index contributed by atoms with van der Waals surface area (Å²) in [6, 6.07) is 0.400. The molecule has 0 radical (unpaired) electrons. The van der Waals surface area contributed by atoms with Crippen molar-refractivity contribution >= 4 is 29.9 Å². The van der Waals surface area contributed by atoms with Gasteiger partial charge >= 0.3 is 0 Å². The van der Waals surface area contributed by atoms with E-state index >= 15 is 0 Å². The van der Waals surface area contributed by atoms with E-state index in [1.54, 1.807) is 14.2 Å². The van der Waals surface area contributed by atoms with Gasteiger partial charge in [0.05, 0.1) is 6.61 Å². The van der Waals surface area contributed by atoms with E-state index in [0.29, 0.717) is 6.04 Å². The van der Waals surface area contributed by atoms with Crippen LogP contribution in [0.2, 0.25) is 0 Å². The lowest BCUT2D eigenvalue weighted by atomic mass is 10.4. The minimum absolute atomic E-state index is 0. The second-order valence-corrected chi connectivity index (χ2v) is 4.09. The van der Waals surface area contributed by atoms with E-state index in [-0.39, 0.29) is 24.0 Å². The number of methoxy groups -OCH3 is 1. The molecule has 5 nitrogen and oxygen atoms in total. The first-order valence-corrected chi connectivity index (χ1v) is 5.74. The number of aliphatic imine (C=N–C) groups is 1. The maximum absolute atomic E-state index is 5.02. The van der Waals surface area contributed by atoms with Crippen LogP contribution in [0, 0.1) is 0 Å². The van der Waals surface area contributed by atoms with Crippen molar-refractivity contribution in [2.45, 2.75) is 19.9 Å². The molecule has 104 valence electrons. The van der Waals surface area contributed by atoms with Crippen molar-refractivity contribution in [3.8, 4) is 0 Å². The Morgan fingerprint density at radius 3 is 2.47 bits per heavy atom. The van der Waals surface area contributed by atoms with Crippen LogP contribution in [0.15, 0.2) is 4.99 Å². The van der Waals surface area contributed by atoms with Crippen molar-refractivity contribution in [3.63, 3.8) is 0 Å². The molecule has 2 N–H and O–H groups in total. The fraction of sp³-hybridized carbons (Fsp3) is 0.909. The quantitative estimate of drug-likeness (QED) is 0.401. The number of halogens is 1. The SMILES string of the molecule is CN=C(NCCN(C)CCOC)NC(C)C.I. The van der Waals surface area contributed by atoms with Crippen molar-refractivity contribution in [2.75, 3.05) is 47.4 Å². The lowest BCUT2D eigenvalue weighted by Gasteiger charge is -2.18. The Morgan fingerprint density at radius 2 is 2.00 bits per heavy atom. The van der Waals surface area contributed by atoms with Crippen LogP contribution in [-0.4, -0.2) is 64.3 Å². The molecule has 0 aromatic heterocycles. The Morgan fingerprint density at radius 1 is 1.35 bits per heavy atom. The Kier molecular flexibility index (Phi) is 14.0. The molecule has 0 fully saturated rings. The summed E-state index contributed by atoms with van der Waals surface area (Å²) in [5.41, 5.74) is 0. The number of likely N-dealkylation sites (N-methyl/N-ethyl adjacent to an activating group) is 1. The first-order valence-electron chi connectivity index (χ1n) is 5.74. The number of hydrogen-bond donors (Lipinski definition) is 2. The molecule has 0 aliphatic rings. The molecule has 0 aliphatic carbocycles. The normalized spacial score (nSPS) is 11.6. The third-order valence-electron chi connectivity index (χ3n) is 2.11. The molecule has 17 heavy (non-hydrogen) atoms. The van der Waals surface area contributed by atoms with Gasteiger partial charge in [0.25, 0.3) is 0 Å². The van der Waals surface area contributed by atoms with E-state index in [4.69, 9.17) is 4.74 Å². The van der Waals surface area contributed by atoms with E-state index in [1.807, 2.05) is 0 Å². The molecule has 0 bridgehead atoms. The summed E-state index contributed by atoms with van der Waals surface area (Å²) in [5.74, 6) is 0.857. The maximum atomic E-state index is 5.02. The zero-order valence-electron chi connectivity index (χ0n) is 11.6. The van der Waals surface area contributed by atoms with Crippen LogP contribution in [0.5, 0.6) is 0 Å². The van der Waals surface area contributed by atoms with Crippen LogP contribution in [0.4, 0.5) is 0 Å². The van der Waals surface area contributed by atoms with Crippen molar-refractivity contribution in [2.24, 2.45) is 4.99 Å². The van der Waals surface area contributed by atoms with Gasteiger partial charge in [-0.3, -0.25) is 4.99 Å². The largest absolute Gasteiger partial charge is 0.383 e. The highest BCUT2D eigenvalue weighted by Gasteiger charge is 2.01. The lowest BCUT2D eigenvalue weighted by molar-refractivity contribution is 0.162. The second-order valence-electron chi connectivity index (χ2n) is 4.09.